The summed E-state index contributed by atoms with van der Waals surface area (Å²) in [6, 6.07) is 0. The maximum Gasteiger partial charge on any atom is 0.0876 e. The zero-order chi connectivity index (χ0) is 5.15. The van der Waals surface area contributed by atoms with Crippen LogP contribution in [0.4, 0.5) is 0 Å². The first-order chi connectivity index (χ1) is 2.64. The predicted octanol–water partition coefficient (Wildman–Crippen LogP) is -1.24. The van der Waals surface area contributed by atoms with Gasteiger partial charge in [0, 0.05) is 9.76 Å². The van der Waals surface area contributed by atoms with Gasteiger partial charge < -0.3 is 4.57 Å². The zero-order valence-corrected chi connectivity index (χ0v) is 8.18. The van der Waals surface area contributed by atoms with Crippen molar-refractivity contribution in [3.63, 3.8) is 0 Å². The largest absolute Gasteiger partial charge is 0.335 e. The topological polar surface area (TPSA) is 3.24 Å². The van der Waals surface area contributed by atoms with Crippen molar-refractivity contribution in [3.05, 3.63) is 0 Å². The molecule has 0 bridgehead atoms. The second-order valence-corrected chi connectivity index (χ2v) is 10.3. The summed E-state index contributed by atoms with van der Waals surface area (Å²) in [4.78, 5) is 0. The van der Waals surface area contributed by atoms with Gasteiger partial charge in [0.1, 0.15) is 0 Å². The molecule has 38 valence electrons. The van der Waals surface area contributed by atoms with Crippen LogP contribution in [0.1, 0.15) is 0 Å². The highest BCUT2D eigenvalue weighted by atomic mass is 29.2. The van der Waals surface area contributed by atoms with Gasteiger partial charge in [0.15, 0.2) is 0 Å². The van der Waals surface area contributed by atoms with Crippen molar-refractivity contribution in [1.82, 2.24) is 4.57 Å². The molecule has 0 spiro atoms. The van der Waals surface area contributed by atoms with Gasteiger partial charge in [-0.3, -0.25) is 0 Å². The summed E-state index contributed by atoms with van der Waals surface area (Å²) in [6.07, 6.45) is 0. The van der Waals surface area contributed by atoms with Crippen LogP contribution in [-0.4, -0.2) is 36.9 Å². The van der Waals surface area contributed by atoms with Gasteiger partial charge >= 0.3 is 0 Å². The first-order valence-electron chi connectivity index (χ1n) is 2.31. The minimum Gasteiger partial charge on any atom is -0.335 e. The molecule has 0 aliphatic carbocycles. The van der Waals surface area contributed by atoms with E-state index >= 15 is 0 Å². The lowest BCUT2D eigenvalue weighted by Crippen LogP contribution is -2.29. The summed E-state index contributed by atoms with van der Waals surface area (Å²) in [5.74, 6) is 0. The van der Waals surface area contributed by atoms with E-state index in [2.05, 4.69) is 25.2 Å². The quantitative estimate of drug-likeness (QED) is 0.391. The van der Waals surface area contributed by atoms with Gasteiger partial charge in [0.25, 0.3) is 0 Å². The van der Waals surface area contributed by atoms with E-state index < -0.39 is 0 Å². The van der Waals surface area contributed by atoms with Gasteiger partial charge in [-0.2, -0.15) is 0 Å². The first kappa shape index (κ1) is 6.39. The highest BCUT2D eigenvalue weighted by Crippen LogP contribution is 1.74. The van der Waals surface area contributed by atoms with E-state index in [0.717, 1.165) is 0 Å². The van der Waals surface area contributed by atoms with Crippen molar-refractivity contribution in [2.24, 2.45) is 0 Å². The summed E-state index contributed by atoms with van der Waals surface area (Å²) < 4.78 is 2.37. The summed E-state index contributed by atoms with van der Waals surface area (Å²) in [7, 11) is 5.49. The van der Waals surface area contributed by atoms with E-state index in [1.54, 1.807) is 0 Å². The highest BCUT2D eigenvalue weighted by Gasteiger charge is 1.93. The third-order valence-electron chi connectivity index (χ3n) is 1.03. The van der Waals surface area contributed by atoms with E-state index in [1.807, 2.05) is 0 Å². The van der Waals surface area contributed by atoms with Gasteiger partial charge in [-0.1, -0.05) is 6.55 Å². The van der Waals surface area contributed by atoms with Crippen LogP contribution in [0.2, 0.25) is 6.55 Å². The zero-order valence-electron chi connectivity index (χ0n) is 5.02. The molecule has 0 aliphatic heterocycles. The van der Waals surface area contributed by atoms with E-state index in [1.165, 1.54) is 9.76 Å². The number of rotatable bonds is 1. The average Bonchev–Trinajstić information content (AvgIpc) is 1.36. The number of nitrogens with zero attached hydrogens (tertiary/aromatic N) is 1. The van der Waals surface area contributed by atoms with Crippen molar-refractivity contribution in [2.75, 3.05) is 14.1 Å². The third kappa shape index (κ3) is 2.62. The minimum atomic E-state index is -0.272. The molecule has 1 atom stereocenters. The van der Waals surface area contributed by atoms with Crippen molar-refractivity contribution < 1.29 is 0 Å². The smallest absolute Gasteiger partial charge is 0.0876 e. The van der Waals surface area contributed by atoms with Crippen LogP contribution in [0.5, 0.6) is 0 Å². The summed E-state index contributed by atoms with van der Waals surface area (Å²) in [6.45, 7) is 2.37. The molecule has 6 heavy (non-hydrogen) atoms. The fraction of sp³-hybridized carbons (Fsp3) is 1.00. The minimum absolute atomic E-state index is 0.272. The van der Waals surface area contributed by atoms with Gasteiger partial charge in [-0.25, -0.2) is 0 Å². The summed E-state index contributed by atoms with van der Waals surface area (Å²) in [5.41, 5.74) is 0. The van der Waals surface area contributed by atoms with Crippen LogP contribution in [0.15, 0.2) is 0 Å². The molecule has 0 rings (SSSR count). The van der Waals surface area contributed by atoms with Crippen molar-refractivity contribution in [3.8, 4) is 0 Å². The Morgan fingerprint density at radius 2 is 1.67 bits per heavy atom. The molecule has 1 nitrogen and oxygen atoms in total. The van der Waals surface area contributed by atoms with Gasteiger partial charge in [0.05, 0.1) is 8.48 Å². The average molecular weight is 119 g/mol. The molecule has 0 aliphatic rings. The fourth-order valence-corrected chi connectivity index (χ4v) is 0. The molecule has 0 saturated carbocycles. The maximum atomic E-state index is 2.37. The molecular formula is C3H13NSi2. The van der Waals surface area contributed by atoms with Crippen LogP contribution >= 0.6 is 0 Å². The lowest BCUT2D eigenvalue weighted by Gasteiger charge is -2.10. The molecule has 0 saturated heterocycles. The van der Waals surface area contributed by atoms with E-state index in [-0.39, 0.29) is 8.48 Å². The fourth-order valence-electron chi connectivity index (χ4n) is 0. The Bertz CT molecular complexity index is 29.8. The molecule has 0 amide bonds. The summed E-state index contributed by atoms with van der Waals surface area (Å²) >= 11 is 0. The Kier molecular flexibility index (Phi) is 2.71. The predicted molar refractivity (Wildman–Crippen MR) is 36.6 cm³/mol. The van der Waals surface area contributed by atoms with Gasteiger partial charge in [-0.15, -0.1) is 0 Å². The second kappa shape index (κ2) is 2.55. The molecule has 0 aromatic heterocycles. The van der Waals surface area contributed by atoms with Crippen LogP contribution in [-0.2, 0) is 0 Å². The van der Waals surface area contributed by atoms with Crippen LogP contribution in [0, 0.1) is 0 Å². The van der Waals surface area contributed by atoms with Crippen molar-refractivity contribution in [1.29, 1.82) is 0 Å². The Labute approximate surface area is 44.2 Å². The first-order valence-corrected chi connectivity index (χ1v) is 8.60. The third-order valence-corrected chi connectivity index (χ3v) is 6.20. The number of hydrogen-bond acceptors (Lipinski definition) is 1. The molecule has 0 aromatic rings. The van der Waals surface area contributed by atoms with Crippen molar-refractivity contribution in [2.45, 2.75) is 6.55 Å². The maximum absolute atomic E-state index is 2.37. The molecule has 0 N–H and O–H groups in total. The SMILES string of the molecule is CN(C)[SiH](C)[SiH3]. The molecule has 0 aromatic carbocycles. The molecule has 0 radical (unpaired) electrons. The molecule has 1 unspecified atom stereocenters. The molecule has 0 heterocycles. The lowest BCUT2D eigenvalue weighted by atomic mass is 11.3. The van der Waals surface area contributed by atoms with Crippen LogP contribution in [0.25, 0.3) is 0 Å². The van der Waals surface area contributed by atoms with Crippen LogP contribution in [0.3, 0.4) is 0 Å². The summed E-state index contributed by atoms with van der Waals surface area (Å²) in [5, 5.41) is 0. The Morgan fingerprint density at radius 3 is 1.67 bits per heavy atom. The standard InChI is InChI=1S/C3H13NSi2/c1-4(2)6(3)5/h6H,1-3,5H3. The van der Waals surface area contributed by atoms with E-state index in [4.69, 9.17) is 0 Å². The second-order valence-electron chi connectivity index (χ2n) is 2.06. The molecular weight excluding hydrogens is 106 g/mol. The van der Waals surface area contributed by atoms with Crippen molar-refractivity contribution >= 4 is 18.2 Å². The normalized spacial score (nSPS) is 16.0. The highest BCUT2D eigenvalue weighted by molar-refractivity contribution is 7.00. The Hall–Kier alpha value is 0.394. The van der Waals surface area contributed by atoms with E-state index in [0.29, 0.717) is 0 Å². The van der Waals surface area contributed by atoms with E-state index in [9.17, 15) is 0 Å². The monoisotopic (exact) mass is 119 g/mol. The molecule has 0 fully saturated rings. The Morgan fingerprint density at radius 1 is 1.50 bits per heavy atom. The number of hydrogen-bond donors (Lipinski definition) is 0. The molecule has 3 heteroatoms. The lowest BCUT2D eigenvalue weighted by molar-refractivity contribution is 0.658. The Balaban J connectivity index is 2.99. The van der Waals surface area contributed by atoms with Gasteiger partial charge in [0.2, 0.25) is 0 Å². The van der Waals surface area contributed by atoms with Gasteiger partial charge in [-0.05, 0) is 14.1 Å². The van der Waals surface area contributed by atoms with Crippen LogP contribution < -0.4 is 0 Å².